The van der Waals surface area contributed by atoms with Gasteiger partial charge in [-0.2, -0.15) is 0 Å². The van der Waals surface area contributed by atoms with Crippen molar-refractivity contribution in [2.24, 2.45) is 0 Å². The quantitative estimate of drug-likeness (QED) is 0.840. The number of aliphatic hydroxyl groups is 1. The number of benzene rings is 1. The highest BCUT2D eigenvalue weighted by molar-refractivity contribution is 5.57. The summed E-state index contributed by atoms with van der Waals surface area (Å²) >= 11 is 0. The molecule has 132 valence electrons. The van der Waals surface area contributed by atoms with Gasteiger partial charge in [0.1, 0.15) is 17.3 Å². The van der Waals surface area contributed by atoms with Crippen LogP contribution in [0, 0.1) is 12.7 Å². The lowest BCUT2D eigenvalue weighted by Crippen LogP contribution is -2.28. The Hall–Kier alpha value is -1.92. The van der Waals surface area contributed by atoms with Crippen LogP contribution in [0.1, 0.15) is 31.7 Å². The highest BCUT2D eigenvalue weighted by Gasteiger charge is 2.18. The van der Waals surface area contributed by atoms with Gasteiger partial charge in [0.25, 0.3) is 0 Å². The largest absolute Gasteiger partial charge is 0.497 e. The Bertz CT molecular complexity index is 692. The molecule has 0 saturated carbocycles. The molecule has 5 nitrogen and oxygen atoms in total. The molecule has 1 aromatic carbocycles. The highest BCUT2D eigenvalue weighted by atomic mass is 19.1. The molecule has 24 heavy (non-hydrogen) atoms. The smallest absolute Gasteiger partial charge is 0.229 e. The maximum absolute atomic E-state index is 14.1. The molecular formula is C18H25FN2O3. The molecule has 0 amide bonds. The number of methoxy groups -OCH3 is 1. The van der Waals surface area contributed by atoms with Crippen molar-refractivity contribution in [3.63, 3.8) is 0 Å². The molecule has 0 bridgehead atoms. The van der Waals surface area contributed by atoms with Gasteiger partial charge in [0.2, 0.25) is 5.89 Å². The lowest BCUT2D eigenvalue weighted by Gasteiger charge is -2.22. The van der Waals surface area contributed by atoms with Gasteiger partial charge in [-0.1, -0.05) is 0 Å². The molecule has 1 heterocycles. The Labute approximate surface area is 142 Å². The normalized spacial score (nSPS) is 12.0. The van der Waals surface area contributed by atoms with Crippen LogP contribution in [0.2, 0.25) is 0 Å². The lowest BCUT2D eigenvalue weighted by atomic mass is 10.1. The standard InChI is InChI=1S/C18H25FN2O3/c1-12-16(11-21(4)9-8-18(2,3)22)20-17(24-12)14-10-13(23-5)6-7-15(14)19/h6-7,10,22H,8-9,11H2,1-5H3. The van der Waals surface area contributed by atoms with Gasteiger partial charge in [0.05, 0.1) is 24.0 Å². The van der Waals surface area contributed by atoms with Gasteiger partial charge in [-0.3, -0.25) is 0 Å². The molecule has 0 radical (unpaired) electrons. The van der Waals surface area contributed by atoms with Crippen LogP contribution in [0.5, 0.6) is 5.75 Å². The van der Waals surface area contributed by atoms with Gasteiger partial charge in [0, 0.05) is 13.1 Å². The molecule has 0 aliphatic heterocycles. The third kappa shape index (κ3) is 4.79. The second-order valence-electron chi connectivity index (χ2n) is 6.67. The van der Waals surface area contributed by atoms with E-state index in [4.69, 9.17) is 9.15 Å². The van der Waals surface area contributed by atoms with Crippen LogP contribution in [0.25, 0.3) is 11.5 Å². The van der Waals surface area contributed by atoms with E-state index >= 15 is 0 Å². The van der Waals surface area contributed by atoms with Crippen molar-refractivity contribution >= 4 is 0 Å². The minimum absolute atomic E-state index is 0.245. The zero-order valence-corrected chi connectivity index (χ0v) is 14.9. The van der Waals surface area contributed by atoms with Crippen molar-refractivity contribution < 1.29 is 18.7 Å². The fourth-order valence-electron chi connectivity index (χ4n) is 2.28. The Morgan fingerprint density at radius 1 is 1.38 bits per heavy atom. The molecule has 1 N–H and O–H groups in total. The Morgan fingerprint density at radius 2 is 2.08 bits per heavy atom. The van der Waals surface area contributed by atoms with Gasteiger partial charge in [-0.25, -0.2) is 9.37 Å². The van der Waals surface area contributed by atoms with Crippen molar-refractivity contribution in [2.75, 3.05) is 20.7 Å². The number of aryl methyl sites for hydroxylation is 1. The summed E-state index contributed by atoms with van der Waals surface area (Å²) < 4.78 is 24.8. The minimum atomic E-state index is -0.706. The summed E-state index contributed by atoms with van der Waals surface area (Å²) in [4.78, 5) is 6.48. The topological polar surface area (TPSA) is 58.7 Å². The maximum Gasteiger partial charge on any atom is 0.229 e. The zero-order valence-electron chi connectivity index (χ0n) is 14.9. The SMILES string of the molecule is COc1ccc(F)c(-c2nc(CN(C)CCC(C)(C)O)c(C)o2)c1. The van der Waals surface area contributed by atoms with Gasteiger partial charge in [-0.05, 0) is 52.4 Å². The van der Waals surface area contributed by atoms with Gasteiger partial charge < -0.3 is 19.2 Å². The van der Waals surface area contributed by atoms with Crippen LogP contribution in [-0.4, -0.2) is 41.3 Å². The third-order valence-electron chi connectivity index (χ3n) is 3.82. The van der Waals surface area contributed by atoms with E-state index in [1.165, 1.54) is 13.2 Å². The molecule has 0 aliphatic carbocycles. The maximum atomic E-state index is 14.1. The highest BCUT2D eigenvalue weighted by Crippen LogP contribution is 2.28. The van der Waals surface area contributed by atoms with Crippen LogP contribution in [0.3, 0.4) is 0 Å². The third-order valence-corrected chi connectivity index (χ3v) is 3.82. The van der Waals surface area contributed by atoms with Crippen LogP contribution in [0.15, 0.2) is 22.6 Å². The average Bonchev–Trinajstić information content (AvgIpc) is 2.86. The molecule has 1 aromatic heterocycles. The van der Waals surface area contributed by atoms with Crippen LogP contribution in [-0.2, 0) is 6.54 Å². The van der Waals surface area contributed by atoms with Crippen molar-refractivity contribution in [3.05, 3.63) is 35.5 Å². The molecule has 6 heteroatoms. The number of hydrogen-bond donors (Lipinski definition) is 1. The first-order valence-corrected chi connectivity index (χ1v) is 7.91. The number of halogens is 1. The average molecular weight is 336 g/mol. The molecule has 0 saturated heterocycles. The summed E-state index contributed by atoms with van der Waals surface area (Å²) in [5.41, 5.74) is 0.329. The Balaban J connectivity index is 2.15. The second kappa shape index (κ2) is 7.32. The number of nitrogens with zero attached hydrogens (tertiary/aromatic N) is 2. The number of oxazole rings is 1. The summed E-state index contributed by atoms with van der Waals surface area (Å²) in [6.45, 7) is 6.67. The van der Waals surface area contributed by atoms with E-state index in [1.807, 2.05) is 14.0 Å². The molecule has 2 rings (SSSR count). The molecule has 0 fully saturated rings. The van der Waals surface area contributed by atoms with Crippen LogP contribution < -0.4 is 4.74 Å². The summed E-state index contributed by atoms with van der Waals surface area (Å²) in [6, 6.07) is 4.46. The fourth-order valence-corrected chi connectivity index (χ4v) is 2.28. The van der Waals surface area contributed by atoms with E-state index in [0.717, 1.165) is 12.2 Å². The monoisotopic (exact) mass is 336 g/mol. The summed E-state index contributed by atoms with van der Waals surface area (Å²) in [7, 11) is 3.48. The molecule has 0 aliphatic rings. The number of aromatic nitrogens is 1. The van der Waals surface area contributed by atoms with E-state index in [9.17, 15) is 9.50 Å². The molecule has 0 spiro atoms. The van der Waals surface area contributed by atoms with Gasteiger partial charge in [-0.15, -0.1) is 0 Å². The van der Waals surface area contributed by atoms with E-state index < -0.39 is 11.4 Å². The molecular weight excluding hydrogens is 311 g/mol. The Morgan fingerprint density at radius 3 is 2.71 bits per heavy atom. The van der Waals surface area contributed by atoms with Crippen molar-refractivity contribution in [2.45, 2.75) is 39.3 Å². The van der Waals surface area contributed by atoms with Crippen LogP contribution in [0.4, 0.5) is 4.39 Å². The first-order chi connectivity index (χ1) is 11.2. The fraction of sp³-hybridized carbons (Fsp3) is 0.500. The second-order valence-corrected chi connectivity index (χ2v) is 6.67. The van der Waals surface area contributed by atoms with E-state index in [2.05, 4.69) is 9.88 Å². The summed E-state index contributed by atoms with van der Waals surface area (Å²) in [5.74, 6) is 1.04. The summed E-state index contributed by atoms with van der Waals surface area (Å²) in [6.07, 6.45) is 0.651. The minimum Gasteiger partial charge on any atom is -0.497 e. The summed E-state index contributed by atoms with van der Waals surface area (Å²) in [5, 5.41) is 9.81. The van der Waals surface area contributed by atoms with Crippen molar-refractivity contribution in [1.29, 1.82) is 0 Å². The van der Waals surface area contributed by atoms with Crippen molar-refractivity contribution in [1.82, 2.24) is 9.88 Å². The van der Waals surface area contributed by atoms with E-state index in [1.54, 1.807) is 26.0 Å². The molecule has 0 atom stereocenters. The van der Waals surface area contributed by atoms with E-state index in [-0.39, 0.29) is 11.5 Å². The van der Waals surface area contributed by atoms with Gasteiger partial charge >= 0.3 is 0 Å². The van der Waals surface area contributed by atoms with Crippen LogP contribution >= 0.6 is 0 Å². The number of ether oxygens (including phenoxy) is 1. The first-order valence-electron chi connectivity index (χ1n) is 7.91. The number of rotatable bonds is 7. The predicted octanol–water partition coefficient (Wildman–Crippen LogP) is 3.39. The number of hydrogen-bond acceptors (Lipinski definition) is 5. The van der Waals surface area contributed by atoms with E-state index in [0.29, 0.717) is 24.5 Å². The van der Waals surface area contributed by atoms with Crippen molar-refractivity contribution in [3.8, 4) is 17.2 Å². The Kier molecular flexibility index (Phi) is 5.62. The zero-order chi connectivity index (χ0) is 17.9. The van der Waals surface area contributed by atoms with Gasteiger partial charge in [0.15, 0.2) is 0 Å². The first kappa shape index (κ1) is 18.4. The molecule has 0 unspecified atom stereocenters. The predicted molar refractivity (Wildman–Crippen MR) is 90.4 cm³/mol. The lowest BCUT2D eigenvalue weighted by molar-refractivity contribution is 0.0598. The molecule has 2 aromatic rings.